The topological polar surface area (TPSA) is 29.9 Å². The molecule has 0 radical (unpaired) electrons. The number of benzene rings is 1. The van der Waals surface area contributed by atoms with E-state index in [4.69, 9.17) is 0 Å². The molecular weight excluding hydrogens is 334 g/mol. The Bertz CT molecular complexity index is 595. The quantitative estimate of drug-likeness (QED) is 0.830. The molecule has 2 aromatic rings. The highest BCUT2D eigenvalue weighted by Crippen LogP contribution is 2.30. The molecule has 1 aromatic heterocycles. The van der Waals surface area contributed by atoms with Gasteiger partial charge in [-0.15, -0.1) is 11.8 Å². The number of nitrogens with one attached hydrogen (secondary N) is 1. The Morgan fingerprint density at radius 2 is 2.10 bits per heavy atom. The molecule has 5 heteroatoms. The van der Waals surface area contributed by atoms with Crippen LogP contribution in [0, 0.1) is 6.92 Å². The van der Waals surface area contributed by atoms with Crippen LogP contribution >= 0.6 is 27.7 Å². The van der Waals surface area contributed by atoms with Crippen LogP contribution in [0.4, 0.5) is 0 Å². The van der Waals surface area contributed by atoms with Crippen molar-refractivity contribution >= 4 is 27.7 Å². The van der Waals surface area contributed by atoms with Crippen LogP contribution in [-0.4, -0.2) is 23.1 Å². The van der Waals surface area contributed by atoms with Crippen molar-refractivity contribution < 1.29 is 0 Å². The maximum absolute atomic E-state index is 4.47. The first kappa shape index (κ1) is 15.6. The van der Waals surface area contributed by atoms with E-state index in [0.717, 1.165) is 16.6 Å². The van der Waals surface area contributed by atoms with E-state index in [9.17, 15) is 0 Å². The van der Waals surface area contributed by atoms with Gasteiger partial charge in [-0.05, 0) is 47.8 Å². The second-order valence-corrected chi connectivity index (χ2v) is 6.40. The van der Waals surface area contributed by atoms with Crippen LogP contribution < -0.4 is 5.32 Å². The fourth-order valence-electron chi connectivity index (χ4n) is 2.42. The van der Waals surface area contributed by atoms with E-state index >= 15 is 0 Å². The Morgan fingerprint density at radius 3 is 2.65 bits per heavy atom. The van der Waals surface area contributed by atoms with E-state index in [1.807, 2.05) is 25.7 Å². The lowest BCUT2D eigenvalue weighted by Crippen LogP contribution is -2.21. The molecule has 2 rings (SSSR count). The summed E-state index contributed by atoms with van der Waals surface area (Å²) in [6, 6.07) is 8.84. The minimum atomic E-state index is 0.282. The van der Waals surface area contributed by atoms with Crippen molar-refractivity contribution in [3.8, 4) is 0 Å². The molecular formula is C15H20BrN3S. The molecule has 0 saturated heterocycles. The molecule has 0 amide bonds. The van der Waals surface area contributed by atoms with Gasteiger partial charge in [0.05, 0.1) is 15.9 Å². The summed E-state index contributed by atoms with van der Waals surface area (Å²) in [5, 5.41) is 7.90. The largest absolute Gasteiger partial charge is 0.313 e. The van der Waals surface area contributed by atoms with Crippen molar-refractivity contribution in [2.24, 2.45) is 7.05 Å². The van der Waals surface area contributed by atoms with E-state index in [2.05, 4.69) is 56.9 Å². The fraction of sp³-hybridized carbons (Fsp3) is 0.400. The van der Waals surface area contributed by atoms with Gasteiger partial charge in [0.1, 0.15) is 0 Å². The zero-order valence-corrected chi connectivity index (χ0v) is 14.7. The third-order valence-corrected chi connectivity index (χ3v) is 5.37. The highest BCUT2D eigenvalue weighted by atomic mass is 79.9. The average Bonchev–Trinajstić information content (AvgIpc) is 2.70. The van der Waals surface area contributed by atoms with Crippen LogP contribution in [0.1, 0.15) is 23.0 Å². The molecule has 0 fully saturated rings. The maximum atomic E-state index is 4.47. The van der Waals surface area contributed by atoms with Crippen molar-refractivity contribution in [3.05, 3.63) is 45.7 Å². The van der Waals surface area contributed by atoms with Gasteiger partial charge < -0.3 is 5.32 Å². The van der Waals surface area contributed by atoms with Gasteiger partial charge in [-0.1, -0.05) is 18.2 Å². The van der Waals surface area contributed by atoms with E-state index in [0.29, 0.717) is 0 Å². The Hall–Kier alpha value is -0.780. The van der Waals surface area contributed by atoms with Crippen LogP contribution in [0.25, 0.3) is 0 Å². The number of aromatic nitrogens is 2. The highest BCUT2D eigenvalue weighted by Gasteiger charge is 2.18. The second kappa shape index (κ2) is 6.78. The number of nitrogens with zero attached hydrogens (tertiary/aromatic N) is 2. The predicted octanol–water partition coefficient (Wildman–Crippen LogP) is 3.72. The molecule has 0 aliphatic carbocycles. The molecule has 1 N–H and O–H groups in total. The molecule has 20 heavy (non-hydrogen) atoms. The Kier molecular flexibility index (Phi) is 5.29. The van der Waals surface area contributed by atoms with Crippen LogP contribution in [0.2, 0.25) is 0 Å². The number of likely N-dealkylation sites (N-methyl/N-ethyl adjacent to an activating group) is 1. The number of hydrogen-bond acceptors (Lipinski definition) is 3. The van der Waals surface area contributed by atoms with Gasteiger partial charge in [-0.2, -0.15) is 5.10 Å². The van der Waals surface area contributed by atoms with Crippen molar-refractivity contribution in [2.75, 3.05) is 13.3 Å². The molecule has 108 valence electrons. The molecule has 0 spiro atoms. The van der Waals surface area contributed by atoms with Gasteiger partial charge in [0.15, 0.2) is 0 Å². The normalized spacial score (nSPS) is 12.7. The summed E-state index contributed by atoms with van der Waals surface area (Å²) in [5.41, 5.74) is 3.60. The van der Waals surface area contributed by atoms with Gasteiger partial charge in [0.25, 0.3) is 0 Å². The standard InChI is InChI=1S/C15H20BrN3S/c1-10-15(16)13(19(3)18-10)9-12(17-2)11-7-5-6-8-14(11)20-4/h5-8,12,17H,9H2,1-4H3. The number of halogens is 1. The smallest absolute Gasteiger partial charge is 0.0738 e. The molecule has 0 aliphatic rings. The van der Waals surface area contributed by atoms with Crippen molar-refractivity contribution in [3.63, 3.8) is 0 Å². The number of hydrogen-bond donors (Lipinski definition) is 1. The SMILES string of the molecule is CNC(Cc1c(Br)c(C)nn1C)c1ccccc1SC. The van der Waals surface area contributed by atoms with E-state index in [-0.39, 0.29) is 6.04 Å². The lowest BCUT2D eigenvalue weighted by molar-refractivity contribution is 0.553. The first-order valence-corrected chi connectivity index (χ1v) is 8.58. The molecule has 1 unspecified atom stereocenters. The lowest BCUT2D eigenvalue weighted by atomic mass is 10.0. The van der Waals surface area contributed by atoms with Crippen LogP contribution in [0.3, 0.4) is 0 Å². The summed E-state index contributed by atoms with van der Waals surface area (Å²) < 4.78 is 3.08. The van der Waals surface area contributed by atoms with Crippen molar-refractivity contribution in [1.29, 1.82) is 0 Å². The van der Waals surface area contributed by atoms with Crippen LogP contribution in [0.15, 0.2) is 33.6 Å². The Balaban J connectivity index is 2.34. The van der Waals surface area contributed by atoms with Crippen LogP contribution in [-0.2, 0) is 13.5 Å². The van der Waals surface area contributed by atoms with Gasteiger partial charge in [-0.25, -0.2) is 0 Å². The van der Waals surface area contributed by atoms with E-state index < -0.39 is 0 Å². The maximum Gasteiger partial charge on any atom is 0.0738 e. The third kappa shape index (κ3) is 3.10. The Morgan fingerprint density at radius 1 is 1.40 bits per heavy atom. The van der Waals surface area contributed by atoms with Crippen LogP contribution in [0.5, 0.6) is 0 Å². The second-order valence-electron chi connectivity index (χ2n) is 4.76. The highest BCUT2D eigenvalue weighted by molar-refractivity contribution is 9.10. The fourth-order valence-corrected chi connectivity index (χ4v) is 3.58. The molecule has 1 heterocycles. The molecule has 0 saturated carbocycles. The van der Waals surface area contributed by atoms with E-state index in [1.165, 1.54) is 16.2 Å². The summed E-state index contributed by atoms with van der Waals surface area (Å²) in [6.07, 6.45) is 3.03. The Labute approximate surface area is 133 Å². The number of thioether (sulfide) groups is 1. The molecule has 0 bridgehead atoms. The zero-order chi connectivity index (χ0) is 14.7. The van der Waals surface area contributed by atoms with Crippen molar-refractivity contribution in [1.82, 2.24) is 15.1 Å². The monoisotopic (exact) mass is 353 g/mol. The third-order valence-electron chi connectivity index (χ3n) is 3.52. The summed E-state index contributed by atoms with van der Waals surface area (Å²) in [7, 11) is 4.01. The van der Waals surface area contributed by atoms with Gasteiger partial charge in [0.2, 0.25) is 0 Å². The number of rotatable bonds is 5. The lowest BCUT2D eigenvalue weighted by Gasteiger charge is -2.19. The zero-order valence-electron chi connectivity index (χ0n) is 12.3. The van der Waals surface area contributed by atoms with E-state index in [1.54, 1.807) is 11.8 Å². The minimum absolute atomic E-state index is 0.282. The summed E-state index contributed by atoms with van der Waals surface area (Å²) in [5.74, 6) is 0. The molecule has 1 atom stereocenters. The van der Waals surface area contributed by atoms with Crippen molar-refractivity contribution in [2.45, 2.75) is 24.3 Å². The first-order valence-electron chi connectivity index (χ1n) is 6.56. The number of aryl methyl sites for hydroxylation is 2. The molecule has 3 nitrogen and oxygen atoms in total. The molecule has 1 aromatic carbocycles. The summed E-state index contributed by atoms with van der Waals surface area (Å²) in [6.45, 7) is 2.03. The van der Waals surface area contributed by atoms with Gasteiger partial charge >= 0.3 is 0 Å². The van der Waals surface area contributed by atoms with Gasteiger partial charge in [0, 0.05) is 24.4 Å². The van der Waals surface area contributed by atoms with Gasteiger partial charge in [-0.3, -0.25) is 4.68 Å². The average molecular weight is 354 g/mol. The summed E-state index contributed by atoms with van der Waals surface area (Å²) in [4.78, 5) is 1.32. The first-order chi connectivity index (χ1) is 9.58. The summed E-state index contributed by atoms with van der Waals surface area (Å²) >= 11 is 5.44. The molecule has 0 aliphatic heterocycles. The predicted molar refractivity (Wildman–Crippen MR) is 89.4 cm³/mol. The minimum Gasteiger partial charge on any atom is -0.313 e.